The normalized spacial score (nSPS) is 15.3. The molecule has 0 aliphatic heterocycles. The van der Waals surface area contributed by atoms with Gasteiger partial charge in [0.15, 0.2) is 0 Å². The van der Waals surface area contributed by atoms with Crippen molar-refractivity contribution in [1.82, 2.24) is 4.31 Å². The van der Waals surface area contributed by atoms with Gasteiger partial charge >= 0.3 is 0 Å². The molecular weight excluding hydrogens is 370 g/mol. The monoisotopic (exact) mass is 415 g/mol. The minimum atomic E-state index is -2.31. The summed E-state index contributed by atoms with van der Waals surface area (Å²) in [4.78, 5) is 0.869. The summed E-state index contributed by atoms with van der Waals surface area (Å²) in [7, 11) is -0.408. The number of rotatable bonds is 17. The van der Waals surface area contributed by atoms with Gasteiger partial charge in [-0.15, -0.1) is 0 Å². The summed E-state index contributed by atoms with van der Waals surface area (Å²) in [6, 6.07) is 0. The van der Waals surface area contributed by atoms with Crippen LogP contribution in [0.1, 0.15) is 91.4 Å². The van der Waals surface area contributed by atoms with E-state index in [4.69, 9.17) is 0 Å². The molecule has 0 N–H and O–H groups in total. The van der Waals surface area contributed by atoms with Crippen LogP contribution >= 0.6 is 11.8 Å². The lowest BCUT2D eigenvalue weighted by Gasteiger charge is -2.21. The first kappa shape index (κ1) is 26.8. The highest BCUT2D eigenvalue weighted by molar-refractivity contribution is 8.01. The van der Waals surface area contributed by atoms with Crippen LogP contribution in [0, 0.1) is 0 Å². The molecule has 0 rings (SSSR count). The van der Waals surface area contributed by atoms with Crippen molar-refractivity contribution >= 4 is 27.3 Å². The van der Waals surface area contributed by atoms with Crippen molar-refractivity contribution in [1.29, 1.82) is 0 Å². The van der Waals surface area contributed by atoms with Gasteiger partial charge in [0.2, 0.25) is 0 Å². The van der Waals surface area contributed by atoms with E-state index in [2.05, 4.69) is 32.0 Å². The standard InChI is InChI=1S/C23H45NOS2/c1-7-8-9-10-11-12-13-14-15-16-17-22(2)18-19-23(3)27(6,25)24(4)20-21-26-5/h18-19H,6-17,20-21H2,1-5H3. The third-order valence-electron chi connectivity index (χ3n) is 5.14. The number of thioether (sulfide) groups is 1. The van der Waals surface area contributed by atoms with Gasteiger partial charge in [-0.05, 0) is 51.9 Å². The second kappa shape index (κ2) is 16.7. The largest absolute Gasteiger partial charge is 0.248 e. The number of allylic oxidation sites excluding steroid dienone is 4. The molecule has 0 fully saturated rings. The van der Waals surface area contributed by atoms with Crippen LogP contribution in [0.2, 0.25) is 0 Å². The lowest BCUT2D eigenvalue weighted by molar-refractivity contribution is 0.553. The zero-order valence-electron chi connectivity index (χ0n) is 18.7. The van der Waals surface area contributed by atoms with Crippen LogP contribution in [0.5, 0.6) is 0 Å². The second-order valence-electron chi connectivity index (χ2n) is 7.71. The van der Waals surface area contributed by atoms with E-state index < -0.39 is 9.71 Å². The summed E-state index contributed by atoms with van der Waals surface area (Å²) in [5.74, 6) is 4.95. The Morgan fingerprint density at radius 1 is 0.963 bits per heavy atom. The van der Waals surface area contributed by atoms with E-state index in [1.54, 1.807) is 11.8 Å². The first-order valence-electron chi connectivity index (χ1n) is 10.8. The third-order valence-corrected chi connectivity index (χ3v) is 8.07. The summed E-state index contributed by atoms with van der Waals surface area (Å²) >= 11 is 1.77. The number of hydrogen-bond donors (Lipinski definition) is 0. The van der Waals surface area contributed by atoms with Gasteiger partial charge < -0.3 is 0 Å². The van der Waals surface area contributed by atoms with Gasteiger partial charge in [-0.1, -0.05) is 76.4 Å². The zero-order chi connectivity index (χ0) is 20.5. The third kappa shape index (κ3) is 13.6. The molecule has 2 nitrogen and oxygen atoms in total. The minimum absolute atomic E-state index is 0.802. The maximum Gasteiger partial charge on any atom is 0.0514 e. The van der Waals surface area contributed by atoms with Crippen LogP contribution in [0.25, 0.3) is 0 Å². The second-order valence-corrected chi connectivity index (χ2v) is 11.2. The van der Waals surface area contributed by atoms with E-state index in [9.17, 15) is 4.21 Å². The van der Waals surface area contributed by atoms with Gasteiger partial charge in [0.25, 0.3) is 0 Å². The molecule has 0 aromatic heterocycles. The van der Waals surface area contributed by atoms with E-state index >= 15 is 0 Å². The van der Waals surface area contributed by atoms with Crippen LogP contribution in [-0.2, 0) is 9.71 Å². The summed E-state index contributed by atoms with van der Waals surface area (Å²) in [5, 5.41) is 0. The van der Waals surface area contributed by atoms with Gasteiger partial charge in [-0.25, -0.2) is 8.51 Å². The van der Waals surface area contributed by atoms with Gasteiger partial charge in [-0.2, -0.15) is 11.8 Å². The maximum absolute atomic E-state index is 12.9. The Morgan fingerprint density at radius 3 is 2.00 bits per heavy atom. The highest BCUT2D eigenvalue weighted by Gasteiger charge is 2.12. The first-order chi connectivity index (χ1) is 12.9. The average molecular weight is 416 g/mol. The van der Waals surface area contributed by atoms with E-state index in [-0.39, 0.29) is 0 Å². The molecule has 1 atom stereocenters. The molecule has 0 saturated heterocycles. The van der Waals surface area contributed by atoms with E-state index in [0.29, 0.717) is 0 Å². The Labute approximate surface area is 175 Å². The molecule has 0 saturated carbocycles. The highest BCUT2D eigenvalue weighted by Crippen LogP contribution is 2.15. The predicted octanol–water partition coefficient (Wildman–Crippen LogP) is 7.07. The van der Waals surface area contributed by atoms with Crippen molar-refractivity contribution in [3.8, 4) is 0 Å². The maximum atomic E-state index is 12.9. The van der Waals surface area contributed by atoms with Crippen molar-refractivity contribution in [3.63, 3.8) is 0 Å². The van der Waals surface area contributed by atoms with Crippen molar-refractivity contribution in [2.45, 2.75) is 91.4 Å². The molecule has 0 aromatic rings. The molecular formula is C23H45NOS2. The van der Waals surface area contributed by atoms with E-state index in [0.717, 1.165) is 23.6 Å². The lowest BCUT2D eigenvalue weighted by atomic mass is 10.0. The van der Waals surface area contributed by atoms with Crippen molar-refractivity contribution in [2.75, 3.05) is 25.6 Å². The summed E-state index contributed by atoms with van der Waals surface area (Å²) in [5.41, 5.74) is 1.37. The average Bonchev–Trinajstić information content (AvgIpc) is 2.65. The molecule has 4 heteroatoms. The summed E-state index contributed by atoms with van der Waals surface area (Å²) in [6.45, 7) is 7.20. The molecule has 27 heavy (non-hydrogen) atoms. The highest BCUT2D eigenvalue weighted by atomic mass is 32.2. The topological polar surface area (TPSA) is 20.3 Å². The van der Waals surface area contributed by atoms with Crippen molar-refractivity contribution < 1.29 is 4.21 Å². The molecule has 1 unspecified atom stereocenters. The Balaban J connectivity index is 4.05. The SMILES string of the molecule is C=S(=O)(C(C)=CC=C(C)CCCCCCCCCCCC)N(C)CCSC. The number of unbranched alkanes of at least 4 members (excludes halogenated alkanes) is 9. The smallest absolute Gasteiger partial charge is 0.0514 e. The van der Waals surface area contributed by atoms with Crippen molar-refractivity contribution in [3.05, 3.63) is 22.6 Å². The molecule has 0 bridgehead atoms. The van der Waals surface area contributed by atoms with Gasteiger partial charge in [-0.3, -0.25) is 0 Å². The van der Waals surface area contributed by atoms with Crippen LogP contribution in [0.3, 0.4) is 0 Å². The summed E-state index contributed by atoms with van der Waals surface area (Å²) < 4.78 is 14.7. The fourth-order valence-electron chi connectivity index (χ4n) is 2.95. The summed E-state index contributed by atoms with van der Waals surface area (Å²) in [6.07, 6.45) is 21.1. The minimum Gasteiger partial charge on any atom is -0.248 e. The Hall–Kier alpha value is -0.190. The Kier molecular flexibility index (Phi) is 16.6. The molecule has 0 heterocycles. The van der Waals surface area contributed by atoms with Crippen LogP contribution < -0.4 is 0 Å². The number of nitrogens with zero attached hydrogens (tertiary/aromatic N) is 1. The number of hydrogen-bond acceptors (Lipinski definition) is 2. The Morgan fingerprint density at radius 2 is 1.48 bits per heavy atom. The molecule has 0 radical (unpaired) electrons. The Bertz CT molecular complexity index is 520. The predicted molar refractivity (Wildman–Crippen MR) is 130 cm³/mol. The quantitative estimate of drug-likeness (QED) is 0.144. The van der Waals surface area contributed by atoms with E-state index in [1.165, 1.54) is 69.8 Å². The molecule has 0 amide bonds. The van der Waals surface area contributed by atoms with E-state index in [1.807, 2.05) is 24.4 Å². The molecule has 0 spiro atoms. The lowest BCUT2D eigenvalue weighted by Crippen LogP contribution is -2.29. The fourth-order valence-corrected chi connectivity index (χ4v) is 4.68. The van der Waals surface area contributed by atoms with Gasteiger partial charge in [0.05, 0.1) is 9.71 Å². The molecule has 0 aliphatic carbocycles. The molecule has 0 aromatic carbocycles. The van der Waals surface area contributed by atoms with Crippen LogP contribution in [-0.4, -0.2) is 40.0 Å². The molecule has 160 valence electrons. The fraction of sp³-hybridized carbons (Fsp3) is 0.783. The van der Waals surface area contributed by atoms with Crippen LogP contribution in [0.15, 0.2) is 22.6 Å². The zero-order valence-corrected chi connectivity index (χ0v) is 20.4. The van der Waals surface area contributed by atoms with Gasteiger partial charge in [0.1, 0.15) is 0 Å². The van der Waals surface area contributed by atoms with Crippen molar-refractivity contribution in [2.24, 2.45) is 0 Å². The molecule has 0 aliphatic rings. The van der Waals surface area contributed by atoms with Gasteiger partial charge in [0, 0.05) is 17.2 Å². The van der Waals surface area contributed by atoms with Crippen LogP contribution in [0.4, 0.5) is 0 Å². The first-order valence-corrected chi connectivity index (χ1v) is 13.9.